The third-order valence-corrected chi connectivity index (χ3v) is 4.19. The molecule has 5 nitrogen and oxygen atoms in total. The molecule has 1 aliphatic rings. The van der Waals surface area contributed by atoms with Gasteiger partial charge in [0.1, 0.15) is 0 Å². The lowest BCUT2D eigenvalue weighted by molar-refractivity contribution is -0.142. The van der Waals surface area contributed by atoms with E-state index >= 15 is 0 Å². The van der Waals surface area contributed by atoms with E-state index < -0.39 is 11.9 Å². The summed E-state index contributed by atoms with van der Waals surface area (Å²) in [6.45, 7) is 2.72. The summed E-state index contributed by atoms with van der Waals surface area (Å²) in [4.78, 5) is 26.8. The zero-order chi connectivity index (χ0) is 15.6. The van der Waals surface area contributed by atoms with E-state index in [4.69, 9.17) is 16.7 Å². The van der Waals surface area contributed by atoms with Crippen LogP contribution in [0.2, 0.25) is 5.02 Å². The first kappa shape index (κ1) is 15.6. The van der Waals surface area contributed by atoms with Gasteiger partial charge in [-0.2, -0.15) is 0 Å². The fourth-order valence-electron chi connectivity index (χ4n) is 2.74. The molecule has 0 aromatic heterocycles. The number of amides is 2. The van der Waals surface area contributed by atoms with Crippen molar-refractivity contribution >= 4 is 23.6 Å². The molecule has 2 amide bonds. The molecular weight excluding hydrogens is 292 g/mol. The molecule has 2 atom stereocenters. The van der Waals surface area contributed by atoms with Gasteiger partial charge in [0, 0.05) is 31.2 Å². The van der Waals surface area contributed by atoms with Crippen molar-refractivity contribution in [1.29, 1.82) is 0 Å². The molecule has 1 aromatic carbocycles. The van der Waals surface area contributed by atoms with Gasteiger partial charge in [0.25, 0.3) is 0 Å². The molecule has 0 radical (unpaired) electrons. The Morgan fingerprint density at radius 3 is 2.76 bits per heavy atom. The molecule has 21 heavy (non-hydrogen) atoms. The van der Waals surface area contributed by atoms with Gasteiger partial charge in [-0.15, -0.1) is 0 Å². The van der Waals surface area contributed by atoms with E-state index in [0.29, 0.717) is 24.5 Å². The Morgan fingerprint density at radius 1 is 1.48 bits per heavy atom. The molecule has 0 bridgehead atoms. The zero-order valence-corrected chi connectivity index (χ0v) is 12.9. The van der Waals surface area contributed by atoms with Gasteiger partial charge in [0.05, 0.1) is 5.92 Å². The number of carboxylic acids is 1. The lowest BCUT2D eigenvalue weighted by atomic mass is 10.0. The van der Waals surface area contributed by atoms with Crippen LogP contribution in [0.15, 0.2) is 24.3 Å². The minimum absolute atomic E-state index is 0.147. The van der Waals surface area contributed by atoms with Crippen LogP contribution >= 0.6 is 11.6 Å². The average molecular weight is 311 g/mol. The maximum atomic E-state index is 12.4. The number of aliphatic carboxylic acids is 1. The number of rotatable bonds is 3. The summed E-state index contributed by atoms with van der Waals surface area (Å²) >= 11 is 5.93. The second-order valence-corrected chi connectivity index (χ2v) is 5.87. The number of benzene rings is 1. The zero-order valence-electron chi connectivity index (χ0n) is 12.1. The first-order valence-corrected chi connectivity index (χ1v) is 7.27. The molecule has 2 rings (SSSR count). The van der Waals surface area contributed by atoms with Crippen LogP contribution in [-0.4, -0.2) is 46.5 Å². The number of likely N-dealkylation sites (tertiary alicyclic amines) is 1. The highest BCUT2D eigenvalue weighted by atomic mass is 35.5. The highest BCUT2D eigenvalue weighted by molar-refractivity contribution is 6.30. The van der Waals surface area contributed by atoms with Crippen LogP contribution in [0.25, 0.3) is 0 Å². The molecule has 2 unspecified atom stereocenters. The molecule has 1 aromatic rings. The van der Waals surface area contributed by atoms with E-state index in [9.17, 15) is 9.59 Å². The summed E-state index contributed by atoms with van der Waals surface area (Å²) in [6.07, 6.45) is 0.507. The smallest absolute Gasteiger partial charge is 0.320 e. The number of hydrogen-bond acceptors (Lipinski definition) is 2. The van der Waals surface area contributed by atoms with Crippen molar-refractivity contribution in [3.05, 3.63) is 34.9 Å². The van der Waals surface area contributed by atoms with Gasteiger partial charge < -0.3 is 14.9 Å². The highest BCUT2D eigenvalue weighted by Crippen LogP contribution is 2.25. The Balaban J connectivity index is 2.01. The predicted octanol–water partition coefficient (Wildman–Crippen LogP) is 2.69. The number of carbonyl (C=O) groups excluding carboxylic acids is 1. The number of carboxylic acid groups (broad SMARTS) is 1. The molecule has 0 saturated carbocycles. The molecule has 1 aliphatic heterocycles. The second kappa shape index (κ2) is 6.35. The molecule has 1 heterocycles. The number of nitrogens with zero attached hydrogens (tertiary/aromatic N) is 2. The van der Waals surface area contributed by atoms with E-state index in [1.165, 1.54) is 0 Å². The number of carbonyl (C=O) groups is 2. The van der Waals surface area contributed by atoms with Crippen LogP contribution in [0.4, 0.5) is 4.79 Å². The monoisotopic (exact) mass is 310 g/mol. The van der Waals surface area contributed by atoms with E-state index in [2.05, 4.69) is 0 Å². The number of urea groups is 1. The van der Waals surface area contributed by atoms with E-state index in [1.807, 2.05) is 18.2 Å². The topological polar surface area (TPSA) is 60.9 Å². The van der Waals surface area contributed by atoms with Crippen LogP contribution < -0.4 is 0 Å². The van der Waals surface area contributed by atoms with E-state index in [0.717, 1.165) is 5.56 Å². The Kier molecular flexibility index (Phi) is 4.73. The van der Waals surface area contributed by atoms with Crippen LogP contribution in [0.5, 0.6) is 0 Å². The Hall–Kier alpha value is -1.75. The fraction of sp³-hybridized carbons (Fsp3) is 0.467. The van der Waals surface area contributed by atoms with Gasteiger partial charge in [-0.3, -0.25) is 4.79 Å². The summed E-state index contributed by atoms with van der Waals surface area (Å²) in [5, 5.41) is 9.75. The third-order valence-electron chi connectivity index (χ3n) is 3.95. The third kappa shape index (κ3) is 3.47. The van der Waals surface area contributed by atoms with Gasteiger partial charge in [0.2, 0.25) is 0 Å². The number of halogens is 1. The van der Waals surface area contributed by atoms with Crippen molar-refractivity contribution in [2.45, 2.75) is 25.9 Å². The summed E-state index contributed by atoms with van der Waals surface area (Å²) in [7, 11) is 1.71. The maximum Gasteiger partial charge on any atom is 0.320 e. The first-order chi connectivity index (χ1) is 9.90. The maximum absolute atomic E-state index is 12.4. The summed E-state index contributed by atoms with van der Waals surface area (Å²) < 4.78 is 0. The molecular formula is C15H19ClN2O3. The molecule has 1 fully saturated rings. The van der Waals surface area contributed by atoms with E-state index in [-0.39, 0.29) is 12.1 Å². The van der Waals surface area contributed by atoms with Crippen molar-refractivity contribution in [1.82, 2.24) is 9.80 Å². The lowest BCUT2D eigenvalue weighted by Gasteiger charge is -2.28. The molecule has 1 saturated heterocycles. The van der Waals surface area contributed by atoms with Crippen molar-refractivity contribution in [2.24, 2.45) is 5.92 Å². The largest absolute Gasteiger partial charge is 0.481 e. The molecule has 1 N–H and O–H groups in total. The van der Waals surface area contributed by atoms with Crippen LogP contribution in [0, 0.1) is 5.92 Å². The van der Waals surface area contributed by atoms with Crippen molar-refractivity contribution in [3.63, 3.8) is 0 Å². The minimum atomic E-state index is -0.838. The Labute approximate surface area is 129 Å². The first-order valence-electron chi connectivity index (χ1n) is 6.89. The lowest BCUT2D eigenvalue weighted by Crippen LogP contribution is -2.44. The SMILES string of the molecule is CC1C(C(=O)O)CCN1C(=O)N(C)Cc1cccc(Cl)c1. The van der Waals surface area contributed by atoms with Crippen LogP contribution in [0.3, 0.4) is 0 Å². The standard InChI is InChI=1S/C15H19ClN2O3/c1-10-13(14(19)20)6-7-18(10)15(21)17(2)9-11-4-3-5-12(16)8-11/h3-5,8,10,13H,6-7,9H2,1-2H3,(H,19,20). The second-order valence-electron chi connectivity index (χ2n) is 5.44. The number of hydrogen-bond donors (Lipinski definition) is 1. The van der Waals surface area contributed by atoms with Crippen molar-refractivity contribution < 1.29 is 14.7 Å². The van der Waals surface area contributed by atoms with Gasteiger partial charge in [-0.05, 0) is 31.0 Å². The summed E-state index contributed by atoms with van der Waals surface area (Å²) in [5.74, 6) is -1.32. The Morgan fingerprint density at radius 2 is 2.19 bits per heavy atom. The van der Waals surface area contributed by atoms with Gasteiger partial charge in [0.15, 0.2) is 0 Å². The average Bonchev–Trinajstić information content (AvgIpc) is 2.79. The quantitative estimate of drug-likeness (QED) is 0.933. The normalized spacial score (nSPS) is 21.4. The van der Waals surface area contributed by atoms with Crippen molar-refractivity contribution in [2.75, 3.05) is 13.6 Å². The van der Waals surface area contributed by atoms with Gasteiger partial charge in [-0.1, -0.05) is 23.7 Å². The minimum Gasteiger partial charge on any atom is -0.481 e. The summed E-state index contributed by atoms with van der Waals surface area (Å²) in [6, 6.07) is 6.92. The highest BCUT2D eigenvalue weighted by Gasteiger charge is 2.39. The Bertz CT molecular complexity index is 549. The fourth-order valence-corrected chi connectivity index (χ4v) is 2.95. The molecule has 0 spiro atoms. The summed E-state index contributed by atoms with van der Waals surface area (Å²) in [5.41, 5.74) is 0.944. The van der Waals surface area contributed by atoms with Gasteiger partial charge >= 0.3 is 12.0 Å². The van der Waals surface area contributed by atoms with Gasteiger partial charge in [-0.25, -0.2) is 4.79 Å². The van der Waals surface area contributed by atoms with Crippen LogP contribution in [0.1, 0.15) is 18.9 Å². The van der Waals surface area contributed by atoms with Crippen LogP contribution in [-0.2, 0) is 11.3 Å². The molecule has 6 heteroatoms. The molecule has 114 valence electrons. The predicted molar refractivity (Wildman–Crippen MR) is 80.2 cm³/mol. The van der Waals surface area contributed by atoms with E-state index in [1.54, 1.807) is 29.8 Å². The molecule has 0 aliphatic carbocycles. The van der Waals surface area contributed by atoms with Crippen molar-refractivity contribution in [3.8, 4) is 0 Å².